The van der Waals surface area contributed by atoms with Gasteiger partial charge in [0.15, 0.2) is 0 Å². The average molecular weight is 664 g/mol. The maximum absolute atomic E-state index is 6.37. The summed E-state index contributed by atoms with van der Waals surface area (Å²) in [6.45, 7) is 0. The summed E-state index contributed by atoms with van der Waals surface area (Å²) in [7, 11) is 0. The van der Waals surface area contributed by atoms with Crippen LogP contribution < -0.4 is 4.90 Å². The van der Waals surface area contributed by atoms with Crippen molar-refractivity contribution in [2.45, 2.75) is 0 Å². The van der Waals surface area contributed by atoms with E-state index in [1.54, 1.807) is 0 Å². The molecule has 10 aromatic rings. The van der Waals surface area contributed by atoms with Crippen molar-refractivity contribution in [1.29, 1.82) is 0 Å². The Bertz CT molecular complexity index is 2880. The fraction of sp³-hybridized carbons (Fsp3) is 0. The Morgan fingerprint density at radius 3 is 1.62 bits per heavy atom. The van der Waals surface area contributed by atoms with Crippen molar-refractivity contribution >= 4 is 60.5 Å². The summed E-state index contributed by atoms with van der Waals surface area (Å²) in [6.07, 6.45) is 0. The van der Waals surface area contributed by atoms with E-state index in [2.05, 4.69) is 193 Å². The highest BCUT2D eigenvalue weighted by Crippen LogP contribution is 2.41. The zero-order valence-electron chi connectivity index (χ0n) is 28.4. The van der Waals surface area contributed by atoms with E-state index in [1.165, 1.54) is 54.9 Å². The van der Waals surface area contributed by atoms with Crippen molar-refractivity contribution in [3.05, 3.63) is 200 Å². The third-order valence-corrected chi connectivity index (χ3v) is 10.3. The van der Waals surface area contributed by atoms with Crippen LogP contribution in [-0.4, -0.2) is 0 Å². The van der Waals surface area contributed by atoms with Crippen LogP contribution in [0.1, 0.15) is 0 Å². The quantitative estimate of drug-likeness (QED) is 0.176. The Kier molecular flexibility index (Phi) is 7.18. The molecule has 0 aliphatic heterocycles. The Morgan fingerprint density at radius 2 is 0.846 bits per heavy atom. The molecule has 244 valence electrons. The van der Waals surface area contributed by atoms with E-state index in [1.807, 2.05) is 12.1 Å². The van der Waals surface area contributed by atoms with Gasteiger partial charge in [-0.2, -0.15) is 0 Å². The minimum absolute atomic E-state index is 0.873. The van der Waals surface area contributed by atoms with Gasteiger partial charge in [0.1, 0.15) is 11.2 Å². The van der Waals surface area contributed by atoms with Gasteiger partial charge in [-0.1, -0.05) is 140 Å². The predicted molar refractivity (Wildman–Crippen MR) is 220 cm³/mol. The number of para-hydroxylation sites is 1. The summed E-state index contributed by atoms with van der Waals surface area (Å²) in [5, 5.41) is 7.23. The Morgan fingerprint density at radius 1 is 0.288 bits per heavy atom. The molecule has 0 atom stereocenters. The summed E-state index contributed by atoms with van der Waals surface area (Å²) in [5.41, 5.74) is 12.2. The summed E-state index contributed by atoms with van der Waals surface area (Å²) in [6, 6.07) is 71.7. The van der Waals surface area contributed by atoms with Gasteiger partial charge in [0, 0.05) is 33.9 Å². The van der Waals surface area contributed by atoms with Crippen LogP contribution in [-0.2, 0) is 0 Å². The molecule has 10 rings (SSSR count). The van der Waals surface area contributed by atoms with Crippen molar-refractivity contribution in [2.75, 3.05) is 4.90 Å². The number of hydrogen-bond donors (Lipinski definition) is 0. The van der Waals surface area contributed by atoms with Gasteiger partial charge in [-0.05, 0) is 110 Å². The number of benzene rings is 9. The standard InChI is InChI=1S/C50H33NO/c1-2-11-36(12-3-1)48-32-39(31-38-14-5-7-17-45(38)48)34-21-25-40(26-22-34)51(42-29-30-47-46-18-8-9-20-49(46)52-50(47)33-42)41-27-23-37(24-28-41)44-19-10-15-35-13-4-6-16-43(35)44/h1-33H. The lowest BCUT2D eigenvalue weighted by Gasteiger charge is -2.26. The second-order valence-corrected chi connectivity index (χ2v) is 13.3. The number of rotatable bonds is 6. The van der Waals surface area contributed by atoms with Crippen molar-refractivity contribution < 1.29 is 4.42 Å². The van der Waals surface area contributed by atoms with Crippen LogP contribution in [0.25, 0.3) is 76.9 Å². The molecule has 0 aliphatic carbocycles. The first-order valence-corrected chi connectivity index (χ1v) is 17.8. The molecule has 0 spiro atoms. The van der Waals surface area contributed by atoms with Gasteiger partial charge in [-0.15, -0.1) is 0 Å². The molecule has 52 heavy (non-hydrogen) atoms. The molecule has 0 saturated heterocycles. The zero-order chi connectivity index (χ0) is 34.4. The Balaban J connectivity index is 1.08. The molecular weight excluding hydrogens is 631 g/mol. The van der Waals surface area contributed by atoms with Gasteiger partial charge in [0.2, 0.25) is 0 Å². The second-order valence-electron chi connectivity index (χ2n) is 13.3. The van der Waals surface area contributed by atoms with Crippen LogP contribution in [0.3, 0.4) is 0 Å². The van der Waals surface area contributed by atoms with E-state index in [-0.39, 0.29) is 0 Å². The maximum atomic E-state index is 6.37. The second kappa shape index (κ2) is 12.5. The highest BCUT2D eigenvalue weighted by atomic mass is 16.3. The highest BCUT2D eigenvalue weighted by molar-refractivity contribution is 6.06. The van der Waals surface area contributed by atoms with Gasteiger partial charge in [-0.3, -0.25) is 0 Å². The number of nitrogens with zero attached hydrogens (tertiary/aromatic N) is 1. The first kappa shape index (κ1) is 30.0. The van der Waals surface area contributed by atoms with E-state index in [9.17, 15) is 0 Å². The van der Waals surface area contributed by atoms with Gasteiger partial charge < -0.3 is 9.32 Å². The highest BCUT2D eigenvalue weighted by Gasteiger charge is 2.17. The molecule has 9 aromatic carbocycles. The van der Waals surface area contributed by atoms with Gasteiger partial charge in [-0.25, -0.2) is 0 Å². The lowest BCUT2D eigenvalue weighted by molar-refractivity contribution is 0.669. The number of hydrogen-bond acceptors (Lipinski definition) is 2. The monoisotopic (exact) mass is 663 g/mol. The molecule has 1 heterocycles. The minimum atomic E-state index is 0.873. The first-order chi connectivity index (χ1) is 25.8. The van der Waals surface area contributed by atoms with Gasteiger partial charge in [0.05, 0.1) is 0 Å². The van der Waals surface area contributed by atoms with Crippen LogP contribution in [0.4, 0.5) is 17.1 Å². The van der Waals surface area contributed by atoms with E-state index >= 15 is 0 Å². The molecule has 0 saturated carbocycles. The van der Waals surface area contributed by atoms with Crippen molar-refractivity contribution in [2.24, 2.45) is 0 Å². The first-order valence-electron chi connectivity index (χ1n) is 17.8. The van der Waals surface area contributed by atoms with Crippen LogP contribution in [0.15, 0.2) is 205 Å². The van der Waals surface area contributed by atoms with Crippen molar-refractivity contribution in [3.8, 4) is 33.4 Å². The van der Waals surface area contributed by atoms with E-state index in [0.717, 1.165) is 39.0 Å². The molecule has 2 heteroatoms. The SMILES string of the molecule is c1ccc(-c2cc(-c3ccc(N(c4ccc(-c5cccc6ccccc56)cc4)c4ccc5c(c4)oc4ccccc45)cc3)cc3ccccc23)cc1. The molecule has 0 N–H and O–H groups in total. The molecule has 2 nitrogen and oxygen atoms in total. The maximum Gasteiger partial charge on any atom is 0.137 e. The van der Waals surface area contributed by atoms with E-state index in [4.69, 9.17) is 4.42 Å². The normalized spacial score (nSPS) is 11.5. The topological polar surface area (TPSA) is 16.4 Å². The molecule has 0 aliphatic rings. The third-order valence-electron chi connectivity index (χ3n) is 10.3. The van der Waals surface area contributed by atoms with Crippen LogP contribution >= 0.6 is 0 Å². The predicted octanol–water partition coefficient (Wildman–Crippen LogP) is 14.4. The third kappa shape index (κ3) is 5.21. The lowest BCUT2D eigenvalue weighted by atomic mass is 9.93. The fourth-order valence-electron chi connectivity index (χ4n) is 7.70. The number of fused-ring (bicyclic) bond motifs is 5. The van der Waals surface area contributed by atoms with Crippen LogP contribution in [0.5, 0.6) is 0 Å². The average Bonchev–Trinajstić information content (AvgIpc) is 3.59. The zero-order valence-corrected chi connectivity index (χ0v) is 28.4. The molecule has 0 unspecified atom stereocenters. The molecule has 0 radical (unpaired) electrons. The Labute approximate surface area is 302 Å². The largest absolute Gasteiger partial charge is 0.456 e. The number of anilines is 3. The molecule has 0 fully saturated rings. The van der Waals surface area contributed by atoms with Gasteiger partial charge >= 0.3 is 0 Å². The molecule has 1 aromatic heterocycles. The summed E-state index contributed by atoms with van der Waals surface area (Å²) < 4.78 is 6.37. The summed E-state index contributed by atoms with van der Waals surface area (Å²) >= 11 is 0. The molecule has 0 amide bonds. The number of furan rings is 1. The van der Waals surface area contributed by atoms with E-state index in [0.29, 0.717) is 0 Å². The van der Waals surface area contributed by atoms with Crippen molar-refractivity contribution in [3.63, 3.8) is 0 Å². The van der Waals surface area contributed by atoms with E-state index < -0.39 is 0 Å². The van der Waals surface area contributed by atoms with Gasteiger partial charge in [0.25, 0.3) is 0 Å². The smallest absolute Gasteiger partial charge is 0.137 e. The lowest BCUT2D eigenvalue weighted by Crippen LogP contribution is -2.09. The van der Waals surface area contributed by atoms with Crippen LogP contribution in [0, 0.1) is 0 Å². The van der Waals surface area contributed by atoms with Crippen LogP contribution in [0.2, 0.25) is 0 Å². The molecular formula is C50H33NO. The summed E-state index contributed by atoms with van der Waals surface area (Å²) in [4.78, 5) is 2.32. The fourth-order valence-corrected chi connectivity index (χ4v) is 7.70. The van der Waals surface area contributed by atoms with Crippen molar-refractivity contribution in [1.82, 2.24) is 0 Å². The molecule has 0 bridgehead atoms. The minimum Gasteiger partial charge on any atom is -0.456 e. The summed E-state index contributed by atoms with van der Waals surface area (Å²) in [5.74, 6) is 0. The Hall–Kier alpha value is -6.90.